The van der Waals surface area contributed by atoms with Crippen LogP contribution in [0.5, 0.6) is 0 Å². The lowest BCUT2D eigenvalue weighted by Crippen LogP contribution is -2.20. The molecule has 1 N–H and O–H groups in total. The van der Waals surface area contributed by atoms with Crippen LogP contribution in [-0.2, 0) is 0 Å². The van der Waals surface area contributed by atoms with Crippen molar-refractivity contribution in [3.8, 4) is 6.07 Å². The van der Waals surface area contributed by atoms with Crippen LogP contribution >= 0.6 is 0 Å². The fraction of sp³-hybridized carbons (Fsp3) is 0.643. The minimum absolute atomic E-state index is 0.0958. The molecule has 0 aromatic carbocycles. The lowest BCUT2D eigenvalue weighted by molar-refractivity contribution is 0.302. The molecular weight excluding hydrogens is 226 g/mol. The maximum absolute atomic E-state index is 11.6. The van der Waals surface area contributed by atoms with Gasteiger partial charge in [-0.25, -0.2) is 4.98 Å². The third kappa shape index (κ3) is 2.79. The molecule has 0 amide bonds. The van der Waals surface area contributed by atoms with Crippen molar-refractivity contribution in [3.05, 3.63) is 27.9 Å². The van der Waals surface area contributed by atoms with Crippen molar-refractivity contribution in [3.63, 3.8) is 0 Å². The van der Waals surface area contributed by atoms with Gasteiger partial charge in [0.2, 0.25) is 0 Å². The number of rotatable bonds is 3. The summed E-state index contributed by atoms with van der Waals surface area (Å²) >= 11 is 0. The molecule has 4 heteroatoms. The molecule has 1 fully saturated rings. The maximum Gasteiger partial charge on any atom is 0.268 e. The van der Waals surface area contributed by atoms with Gasteiger partial charge in [-0.15, -0.1) is 0 Å². The highest BCUT2D eigenvalue weighted by Crippen LogP contribution is 2.35. The first-order valence-electron chi connectivity index (χ1n) is 6.74. The summed E-state index contributed by atoms with van der Waals surface area (Å²) in [5.41, 5.74) is -0.211. The smallest absolute Gasteiger partial charge is 0.268 e. The van der Waals surface area contributed by atoms with Crippen LogP contribution in [0.25, 0.3) is 0 Å². The van der Waals surface area contributed by atoms with E-state index in [1.54, 1.807) is 0 Å². The average Bonchev–Trinajstić information content (AvgIpc) is 2.40. The number of hydrogen-bond acceptors (Lipinski definition) is 3. The van der Waals surface area contributed by atoms with E-state index in [9.17, 15) is 4.79 Å². The summed E-state index contributed by atoms with van der Waals surface area (Å²) in [6.45, 7) is 2.23. The second-order valence-corrected chi connectivity index (χ2v) is 5.13. The van der Waals surface area contributed by atoms with Crippen LogP contribution in [0, 0.1) is 17.2 Å². The van der Waals surface area contributed by atoms with Crippen LogP contribution in [0.1, 0.15) is 62.8 Å². The lowest BCUT2D eigenvalue weighted by atomic mass is 9.80. The fourth-order valence-electron chi connectivity index (χ4n) is 2.83. The van der Waals surface area contributed by atoms with Gasteiger partial charge in [0.25, 0.3) is 5.56 Å². The summed E-state index contributed by atoms with van der Waals surface area (Å²) in [7, 11) is 0. The standard InChI is InChI=1S/C14H19N3O/c1-2-3-10-4-6-11(7-5-10)13-16-9-12(8-15)14(18)17-13/h9-11H,2-7H2,1H3,(H,16,17,18). The molecule has 0 bridgehead atoms. The van der Waals surface area contributed by atoms with Crippen LogP contribution in [0.15, 0.2) is 11.0 Å². The van der Waals surface area contributed by atoms with Crippen LogP contribution in [0.3, 0.4) is 0 Å². The Labute approximate surface area is 107 Å². The first kappa shape index (κ1) is 12.8. The molecule has 96 valence electrons. The molecule has 0 radical (unpaired) electrons. The van der Waals surface area contributed by atoms with Gasteiger partial charge in [0, 0.05) is 5.92 Å². The zero-order valence-corrected chi connectivity index (χ0v) is 10.8. The molecule has 1 aromatic heterocycles. The molecular formula is C14H19N3O. The number of nitriles is 1. The van der Waals surface area contributed by atoms with Crippen LogP contribution in [0.2, 0.25) is 0 Å². The topological polar surface area (TPSA) is 69.5 Å². The summed E-state index contributed by atoms with van der Waals surface area (Å²) in [5, 5.41) is 8.70. The molecule has 4 nitrogen and oxygen atoms in total. The molecule has 1 heterocycles. The van der Waals surface area contributed by atoms with Crippen molar-refractivity contribution >= 4 is 0 Å². The second kappa shape index (κ2) is 5.81. The van der Waals surface area contributed by atoms with Gasteiger partial charge in [-0.3, -0.25) is 4.79 Å². The predicted molar refractivity (Wildman–Crippen MR) is 69.2 cm³/mol. The van der Waals surface area contributed by atoms with Gasteiger partial charge in [-0.05, 0) is 31.6 Å². The van der Waals surface area contributed by atoms with Crippen LogP contribution in [0.4, 0.5) is 0 Å². The van der Waals surface area contributed by atoms with Crippen LogP contribution in [-0.4, -0.2) is 9.97 Å². The van der Waals surface area contributed by atoms with Gasteiger partial charge in [0.15, 0.2) is 0 Å². The lowest BCUT2D eigenvalue weighted by Gasteiger charge is -2.27. The van der Waals surface area contributed by atoms with Crippen molar-refractivity contribution in [1.29, 1.82) is 5.26 Å². The zero-order chi connectivity index (χ0) is 13.0. The Bertz CT molecular complexity index is 492. The average molecular weight is 245 g/mol. The number of H-pyrrole nitrogens is 1. The molecule has 1 aliphatic carbocycles. The minimum atomic E-state index is -0.307. The summed E-state index contributed by atoms with van der Waals surface area (Å²) in [4.78, 5) is 18.5. The highest BCUT2D eigenvalue weighted by molar-refractivity contribution is 5.22. The van der Waals surface area contributed by atoms with E-state index >= 15 is 0 Å². The van der Waals surface area contributed by atoms with Crippen molar-refractivity contribution in [2.75, 3.05) is 0 Å². The molecule has 0 atom stereocenters. The Morgan fingerprint density at radius 1 is 1.44 bits per heavy atom. The predicted octanol–water partition coefficient (Wildman–Crippen LogP) is 2.72. The number of nitrogens with zero attached hydrogens (tertiary/aromatic N) is 2. The van der Waals surface area contributed by atoms with Gasteiger partial charge in [0.05, 0.1) is 6.20 Å². The first-order chi connectivity index (χ1) is 8.74. The minimum Gasteiger partial charge on any atom is -0.309 e. The molecule has 18 heavy (non-hydrogen) atoms. The zero-order valence-electron chi connectivity index (χ0n) is 10.8. The number of aromatic amines is 1. The van der Waals surface area contributed by atoms with Crippen molar-refractivity contribution in [2.45, 2.75) is 51.4 Å². The molecule has 1 aromatic rings. The van der Waals surface area contributed by atoms with Crippen molar-refractivity contribution in [1.82, 2.24) is 9.97 Å². The highest BCUT2D eigenvalue weighted by Gasteiger charge is 2.23. The molecule has 1 saturated carbocycles. The third-order valence-electron chi connectivity index (χ3n) is 3.87. The Kier molecular flexibility index (Phi) is 4.14. The quantitative estimate of drug-likeness (QED) is 0.890. The molecule has 2 rings (SSSR count). The van der Waals surface area contributed by atoms with Crippen LogP contribution < -0.4 is 5.56 Å². The number of nitrogens with one attached hydrogen (secondary N) is 1. The maximum atomic E-state index is 11.6. The van der Waals surface area contributed by atoms with E-state index in [1.165, 1.54) is 31.9 Å². The molecule has 1 aliphatic rings. The van der Waals surface area contributed by atoms with E-state index in [4.69, 9.17) is 5.26 Å². The monoisotopic (exact) mass is 245 g/mol. The molecule has 0 aliphatic heterocycles. The van der Waals surface area contributed by atoms with Gasteiger partial charge < -0.3 is 4.98 Å². The van der Waals surface area contributed by atoms with Crippen molar-refractivity contribution in [2.24, 2.45) is 5.92 Å². The Morgan fingerprint density at radius 2 is 2.17 bits per heavy atom. The van der Waals surface area contributed by atoms with Gasteiger partial charge >= 0.3 is 0 Å². The van der Waals surface area contributed by atoms with E-state index in [-0.39, 0.29) is 11.1 Å². The Morgan fingerprint density at radius 3 is 2.72 bits per heavy atom. The van der Waals surface area contributed by atoms with E-state index in [1.807, 2.05) is 6.07 Å². The third-order valence-corrected chi connectivity index (χ3v) is 3.87. The summed E-state index contributed by atoms with van der Waals surface area (Å²) in [6.07, 6.45) is 8.60. The summed E-state index contributed by atoms with van der Waals surface area (Å²) in [6, 6.07) is 1.84. The Hall–Kier alpha value is -1.63. The van der Waals surface area contributed by atoms with Crippen molar-refractivity contribution < 1.29 is 0 Å². The molecule has 0 saturated heterocycles. The first-order valence-corrected chi connectivity index (χ1v) is 6.74. The van der Waals surface area contributed by atoms with E-state index < -0.39 is 0 Å². The molecule has 0 spiro atoms. The normalized spacial score (nSPS) is 23.6. The SMILES string of the molecule is CCCC1CCC(c2ncc(C#N)c(=O)[nH]2)CC1. The largest absolute Gasteiger partial charge is 0.309 e. The Balaban J connectivity index is 2.04. The molecule has 0 unspecified atom stereocenters. The number of hydrogen-bond donors (Lipinski definition) is 1. The fourth-order valence-corrected chi connectivity index (χ4v) is 2.83. The van der Waals surface area contributed by atoms with E-state index in [0.29, 0.717) is 5.92 Å². The van der Waals surface area contributed by atoms with Gasteiger partial charge in [-0.1, -0.05) is 19.8 Å². The van der Waals surface area contributed by atoms with E-state index in [2.05, 4.69) is 16.9 Å². The van der Waals surface area contributed by atoms with E-state index in [0.717, 1.165) is 24.6 Å². The van der Waals surface area contributed by atoms with Gasteiger partial charge in [-0.2, -0.15) is 5.26 Å². The highest BCUT2D eigenvalue weighted by atomic mass is 16.1. The van der Waals surface area contributed by atoms with Gasteiger partial charge in [0.1, 0.15) is 17.5 Å². The second-order valence-electron chi connectivity index (χ2n) is 5.13. The number of aromatic nitrogens is 2. The summed E-state index contributed by atoms with van der Waals surface area (Å²) < 4.78 is 0. The summed E-state index contributed by atoms with van der Waals surface area (Å²) in [5.74, 6) is 1.96.